The van der Waals surface area contributed by atoms with Crippen LogP contribution in [0.4, 0.5) is 5.69 Å². The lowest BCUT2D eigenvalue weighted by atomic mass is 10.1. The van der Waals surface area contributed by atoms with Gasteiger partial charge >= 0.3 is 5.97 Å². The van der Waals surface area contributed by atoms with Gasteiger partial charge in [0.25, 0.3) is 5.91 Å². The minimum atomic E-state index is -0.649. The highest BCUT2D eigenvalue weighted by molar-refractivity contribution is 5.94. The molecule has 3 aromatic rings. The number of benzene rings is 2. The Hall–Kier alpha value is -3.41. The number of anilines is 1. The van der Waals surface area contributed by atoms with Crippen molar-refractivity contribution in [1.29, 1.82) is 0 Å². The summed E-state index contributed by atoms with van der Waals surface area (Å²) in [4.78, 5) is 27.7. The summed E-state index contributed by atoms with van der Waals surface area (Å²) in [5, 5.41) is 2.67. The second-order valence-electron chi connectivity index (χ2n) is 5.56. The van der Waals surface area contributed by atoms with Gasteiger partial charge in [-0.2, -0.15) is 0 Å². The number of hydrogen-bond donors (Lipinski definition) is 1. The van der Waals surface area contributed by atoms with Gasteiger partial charge in [-0.25, -0.2) is 9.78 Å². The molecule has 132 valence electrons. The second kappa shape index (κ2) is 8.11. The van der Waals surface area contributed by atoms with Gasteiger partial charge in [-0.05, 0) is 36.2 Å². The topological polar surface area (TPSA) is 81.4 Å². The van der Waals surface area contributed by atoms with E-state index in [2.05, 4.69) is 17.2 Å². The van der Waals surface area contributed by atoms with E-state index in [0.29, 0.717) is 22.7 Å². The highest BCUT2D eigenvalue weighted by atomic mass is 16.5. The fourth-order valence-electron chi connectivity index (χ4n) is 2.31. The predicted octanol–water partition coefficient (Wildman–Crippen LogP) is 3.59. The fraction of sp³-hybridized carbons (Fsp3) is 0.150. The summed E-state index contributed by atoms with van der Waals surface area (Å²) >= 11 is 0. The van der Waals surface area contributed by atoms with Crippen molar-refractivity contribution in [2.24, 2.45) is 0 Å². The Bertz CT molecular complexity index is 909. The maximum absolute atomic E-state index is 11.8. The molecule has 0 bridgehead atoms. The number of aryl methyl sites for hydroxylation is 1. The number of carbonyl (C=O) groups is 2. The molecule has 0 atom stereocenters. The molecule has 0 saturated heterocycles. The lowest BCUT2D eigenvalue weighted by Crippen LogP contribution is -2.20. The predicted molar refractivity (Wildman–Crippen MR) is 98.5 cm³/mol. The number of esters is 1. The first-order valence-corrected chi connectivity index (χ1v) is 8.23. The molecule has 1 amide bonds. The summed E-state index contributed by atoms with van der Waals surface area (Å²) in [6, 6.07) is 14.8. The SMILES string of the molecule is CCc1ccc(NC(=O)COC(=O)/C=C/c2nc3ccccc3o2)cc1. The molecule has 6 nitrogen and oxygen atoms in total. The summed E-state index contributed by atoms with van der Waals surface area (Å²) < 4.78 is 10.4. The Morgan fingerprint density at radius 3 is 2.65 bits per heavy atom. The fourth-order valence-corrected chi connectivity index (χ4v) is 2.31. The molecule has 0 fully saturated rings. The number of rotatable bonds is 6. The van der Waals surface area contributed by atoms with Gasteiger partial charge < -0.3 is 14.5 Å². The van der Waals surface area contributed by atoms with Crippen molar-refractivity contribution in [3.63, 3.8) is 0 Å². The lowest BCUT2D eigenvalue weighted by Gasteiger charge is -2.06. The average Bonchev–Trinajstić information content (AvgIpc) is 3.08. The van der Waals surface area contributed by atoms with Crippen LogP contribution >= 0.6 is 0 Å². The van der Waals surface area contributed by atoms with E-state index in [1.165, 1.54) is 17.7 Å². The van der Waals surface area contributed by atoms with Gasteiger partial charge in [0.15, 0.2) is 12.2 Å². The molecule has 0 spiro atoms. The number of nitrogens with one attached hydrogen (secondary N) is 1. The molecule has 0 radical (unpaired) electrons. The van der Waals surface area contributed by atoms with Crippen LogP contribution in [0.15, 0.2) is 59.0 Å². The molecule has 2 aromatic carbocycles. The smallest absolute Gasteiger partial charge is 0.331 e. The number of amides is 1. The number of nitrogens with zero attached hydrogens (tertiary/aromatic N) is 1. The van der Waals surface area contributed by atoms with Crippen LogP contribution in [-0.4, -0.2) is 23.5 Å². The molecule has 0 aliphatic rings. The van der Waals surface area contributed by atoms with Crippen LogP contribution in [0.1, 0.15) is 18.4 Å². The van der Waals surface area contributed by atoms with Crippen LogP contribution in [0.3, 0.4) is 0 Å². The van der Waals surface area contributed by atoms with Gasteiger partial charge in [0.1, 0.15) is 5.52 Å². The molecule has 3 rings (SSSR count). The number of ether oxygens (including phenoxy) is 1. The number of carbonyl (C=O) groups excluding carboxylic acids is 2. The van der Waals surface area contributed by atoms with E-state index in [9.17, 15) is 9.59 Å². The summed E-state index contributed by atoms with van der Waals surface area (Å²) in [6.07, 6.45) is 3.51. The van der Waals surface area contributed by atoms with Crippen molar-refractivity contribution in [3.8, 4) is 0 Å². The average molecular weight is 350 g/mol. The zero-order chi connectivity index (χ0) is 18.4. The van der Waals surface area contributed by atoms with E-state index < -0.39 is 11.9 Å². The summed E-state index contributed by atoms with van der Waals surface area (Å²) in [5.41, 5.74) is 3.17. The van der Waals surface area contributed by atoms with Crippen molar-refractivity contribution in [3.05, 3.63) is 66.1 Å². The van der Waals surface area contributed by atoms with E-state index in [0.717, 1.165) is 6.42 Å². The van der Waals surface area contributed by atoms with Gasteiger partial charge in [-0.3, -0.25) is 4.79 Å². The van der Waals surface area contributed by atoms with Gasteiger partial charge in [0.2, 0.25) is 5.89 Å². The summed E-state index contributed by atoms with van der Waals surface area (Å²) in [5.74, 6) is -0.759. The zero-order valence-corrected chi connectivity index (χ0v) is 14.3. The molecular weight excluding hydrogens is 332 g/mol. The van der Waals surface area contributed by atoms with E-state index >= 15 is 0 Å². The highest BCUT2D eigenvalue weighted by Gasteiger charge is 2.07. The Kier molecular flexibility index (Phi) is 5.43. The third kappa shape index (κ3) is 4.57. The van der Waals surface area contributed by atoms with Crippen LogP contribution in [0, 0.1) is 0 Å². The Morgan fingerprint density at radius 2 is 1.92 bits per heavy atom. The molecule has 1 N–H and O–H groups in total. The molecule has 26 heavy (non-hydrogen) atoms. The normalized spacial score (nSPS) is 11.0. The molecule has 0 saturated carbocycles. The van der Waals surface area contributed by atoms with E-state index in [1.54, 1.807) is 6.07 Å². The largest absolute Gasteiger partial charge is 0.452 e. The first kappa shape index (κ1) is 17.4. The number of para-hydroxylation sites is 2. The summed E-state index contributed by atoms with van der Waals surface area (Å²) in [7, 11) is 0. The first-order chi connectivity index (χ1) is 12.6. The molecule has 0 aliphatic heterocycles. The highest BCUT2D eigenvalue weighted by Crippen LogP contribution is 2.15. The standard InChI is InChI=1S/C20H18N2O4/c1-2-14-7-9-15(10-8-14)21-18(23)13-25-20(24)12-11-19-22-16-5-3-4-6-17(16)26-19/h3-12H,2,13H2,1H3,(H,21,23)/b12-11+. The van der Waals surface area contributed by atoms with Crippen LogP contribution in [0.25, 0.3) is 17.2 Å². The van der Waals surface area contributed by atoms with Gasteiger partial charge in [-0.15, -0.1) is 0 Å². The quantitative estimate of drug-likeness (QED) is 0.543. The molecular formula is C20H18N2O4. The minimum Gasteiger partial charge on any atom is -0.452 e. The van der Waals surface area contributed by atoms with Crippen LogP contribution in [0.5, 0.6) is 0 Å². The van der Waals surface area contributed by atoms with Crippen LogP contribution in [-0.2, 0) is 20.7 Å². The number of aromatic nitrogens is 1. The van der Waals surface area contributed by atoms with E-state index in [1.807, 2.05) is 42.5 Å². The molecule has 6 heteroatoms. The number of oxazole rings is 1. The second-order valence-corrected chi connectivity index (χ2v) is 5.56. The monoisotopic (exact) mass is 350 g/mol. The van der Waals surface area contributed by atoms with Crippen LogP contribution in [0.2, 0.25) is 0 Å². The van der Waals surface area contributed by atoms with Gasteiger partial charge in [0, 0.05) is 17.8 Å². The van der Waals surface area contributed by atoms with Crippen molar-refractivity contribution in [1.82, 2.24) is 4.98 Å². The van der Waals surface area contributed by atoms with Gasteiger partial charge in [-0.1, -0.05) is 31.2 Å². The van der Waals surface area contributed by atoms with Crippen molar-refractivity contribution < 1.29 is 18.7 Å². The minimum absolute atomic E-state index is 0.295. The number of fused-ring (bicyclic) bond motifs is 1. The zero-order valence-electron chi connectivity index (χ0n) is 14.3. The number of hydrogen-bond acceptors (Lipinski definition) is 5. The Morgan fingerprint density at radius 1 is 1.15 bits per heavy atom. The lowest BCUT2D eigenvalue weighted by molar-refractivity contribution is -0.142. The maximum Gasteiger partial charge on any atom is 0.331 e. The van der Waals surface area contributed by atoms with E-state index in [4.69, 9.17) is 9.15 Å². The molecule has 0 aliphatic carbocycles. The Balaban J connectivity index is 1.48. The first-order valence-electron chi connectivity index (χ1n) is 8.23. The third-order valence-corrected chi connectivity index (χ3v) is 3.66. The van der Waals surface area contributed by atoms with Crippen molar-refractivity contribution in [2.75, 3.05) is 11.9 Å². The van der Waals surface area contributed by atoms with E-state index in [-0.39, 0.29) is 6.61 Å². The molecule has 1 heterocycles. The molecule has 0 unspecified atom stereocenters. The van der Waals surface area contributed by atoms with Gasteiger partial charge in [0.05, 0.1) is 0 Å². The maximum atomic E-state index is 11.8. The van der Waals surface area contributed by atoms with Crippen molar-refractivity contribution >= 4 is 34.7 Å². The molecule has 1 aromatic heterocycles. The third-order valence-electron chi connectivity index (χ3n) is 3.66. The van der Waals surface area contributed by atoms with Crippen LogP contribution < -0.4 is 5.32 Å². The Labute approximate surface area is 150 Å². The van der Waals surface area contributed by atoms with Crippen molar-refractivity contribution in [2.45, 2.75) is 13.3 Å². The summed E-state index contributed by atoms with van der Waals surface area (Å²) in [6.45, 7) is 1.69.